The minimum absolute atomic E-state index is 0.00562. The number of para-hydroxylation sites is 1. The number of fused-ring (bicyclic) bond motifs is 6. The van der Waals surface area contributed by atoms with Crippen molar-refractivity contribution in [2.45, 2.75) is 12.3 Å². The lowest BCUT2D eigenvalue weighted by molar-refractivity contribution is -0.140. The average molecular weight is 401 g/mol. The number of likely N-dealkylation sites (N-methyl/N-ethyl adjacent to an activating group) is 1. The largest absolute Gasteiger partial charge is 0.462 e. The fourth-order valence-corrected chi connectivity index (χ4v) is 4.52. The van der Waals surface area contributed by atoms with Gasteiger partial charge in [0.25, 0.3) is 0 Å². The molecule has 0 saturated carbocycles. The van der Waals surface area contributed by atoms with Crippen molar-refractivity contribution in [1.82, 2.24) is 4.98 Å². The van der Waals surface area contributed by atoms with Crippen molar-refractivity contribution in [3.63, 3.8) is 0 Å². The molecule has 0 bridgehead atoms. The van der Waals surface area contributed by atoms with Crippen LogP contribution in [0.4, 0.5) is 5.69 Å². The van der Waals surface area contributed by atoms with E-state index < -0.39 is 11.4 Å². The van der Waals surface area contributed by atoms with E-state index in [-0.39, 0.29) is 24.0 Å². The molecule has 0 aliphatic carbocycles. The number of ether oxygens (including phenoxy) is 2. The molecule has 0 unspecified atom stereocenters. The number of carbonyl (C=O) groups is 2. The summed E-state index contributed by atoms with van der Waals surface area (Å²) >= 11 is 0. The molecule has 0 saturated heterocycles. The van der Waals surface area contributed by atoms with Gasteiger partial charge in [0, 0.05) is 35.4 Å². The Bertz CT molecular complexity index is 1270. The predicted octanol–water partition coefficient (Wildman–Crippen LogP) is 2.62. The van der Waals surface area contributed by atoms with Crippen LogP contribution >= 0.6 is 0 Å². The molecule has 1 atom stereocenters. The molecule has 150 valence electrons. The van der Waals surface area contributed by atoms with Crippen molar-refractivity contribution in [1.29, 1.82) is 0 Å². The molecule has 2 aliphatic rings. The van der Waals surface area contributed by atoms with E-state index in [0.29, 0.717) is 28.1 Å². The summed E-state index contributed by atoms with van der Waals surface area (Å²) < 4.78 is 11.2. The van der Waals surface area contributed by atoms with Gasteiger partial charge < -0.3 is 20.1 Å². The molecule has 1 amide bonds. The van der Waals surface area contributed by atoms with E-state index in [9.17, 15) is 9.59 Å². The van der Waals surface area contributed by atoms with Crippen LogP contribution < -0.4 is 15.4 Å². The van der Waals surface area contributed by atoms with Gasteiger partial charge in [-0.15, -0.1) is 0 Å². The highest BCUT2D eigenvalue weighted by atomic mass is 16.5. The van der Waals surface area contributed by atoms with E-state index in [1.54, 1.807) is 31.1 Å². The Morgan fingerprint density at radius 1 is 1.17 bits per heavy atom. The molecule has 30 heavy (non-hydrogen) atoms. The number of esters is 1. The third-order valence-corrected chi connectivity index (χ3v) is 5.74. The maximum atomic E-state index is 13.9. The number of nitrogens with two attached hydrogens (primary N) is 1. The first-order valence-corrected chi connectivity index (χ1v) is 9.62. The summed E-state index contributed by atoms with van der Waals surface area (Å²) in [5.74, 6) is -0.760. The van der Waals surface area contributed by atoms with E-state index >= 15 is 0 Å². The van der Waals surface area contributed by atoms with Crippen LogP contribution in [0.1, 0.15) is 18.1 Å². The van der Waals surface area contributed by atoms with Gasteiger partial charge in [0.2, 0.25) is 11.8 Å². The lowest BCUT2D eigenvalue weighted by atomic mass is 9.68. The summed E-state index contributed by atoms with van der Waals surface area (Å²) in [6, 6.07) is 14.7. The molecule has 2 aliphatic heterocycles. The van der Waals surface area contributed by atoms with Crippen LogP contribution in [0.25, 0.3) is 10.9 Å². The number of pyridine rings is 1. The summed E-state index contributed by atoms with van der Waals surface area (Å²) in [7, 11) is 1.68. The SMILES string of the molecule is CCOC(=O)C1=C(N)Oc2c(ccc3cccnc23)[C@@]12C(=O)N(C)c1ccccc12. The number of benzene rings is 2. The fraction of sp³-hybridized carbons (Fsp3) is 0.174. The van der Waals surface area contributed by atoms with Crippen LogP contribution in [0.2, 0.25) is 0 Å². The van der Waals surface area contributed by atoms with Gasteiger partial charge in [-0.2, -0.15) is 0 Å². The Labute approximate surface area is 172 Å². The second-order valence-corrected chi connectivity index (χ2v) is 7.21. The zero-order chi connectivity index (χ0) is 21.0. The number of aromatic nitrogens is 1. The first-order valence-electron chi connectivity index (χ1n) is 9.62. The van der Waals surface area contributed by atoms with Crippen LogP contribution in [0.3, 0.4) is 0 Å². The predicted molar refractivity (Wildman–Crippen MR) is 111 cm³/mol. The second-order valence-electron chi connectivity index (χ2n) is 7.21. The molecule has 1 spiro atoms. The maximum Gasteiger partial charge on any atom is 0.341 e. The van der Waals surface area contributed by atoms with Crippen molar-refractivity contribution in [3.05, 3.63) is 77.3 Å². The minimum Gasteiger partial charge on any atom is -0.462 e. The Kier molecular flexibility index (Phi) is 3.83. The average Bonchev–Trinajstić information content (AvgIpc) is 2.97. The molecule has 7 nitrogen and oxygen atoms in total. The second kappa shape index (κ2) is 6.32. The summed E-state index contributed by atoms with van der Waals surface area (Å²) in [5, 5.41) is 0.839. The first-order chi connectivity index (χ1) is 14.5. The summed E-state index contributed by atoms with van der Waals surface area (Å²) in [6.45, 7) is 1.84. The van der Waals surface area contributed by atoms with E-state index in [1.165, 1.54) is 0 Å². The molecule has 3 aromatic rings. The van der Waals surface area contributed by atoms with Crippen LogP contribution in [0, 0.1) is 0 Å². The van der Waals surface area contributed by atoms with Crippen LogP contribution in [0.5, 0.6) is 5.75 Å². The monoisotopic (exact) mass is 401 g/mol. The van der Waals surface area contributed by atoms with Crippen molar-refractivity contribution >= 4 is 28.5 Å². The van der Waals surface area contributed by atoms with Crippen LogP contribution in [0.15, 0.2) is 66.2 Å². The topological polar surface area (TPSA) is 94.7 Å². The molecular formula is C23H19N3O4. The van der Waals surface area contributed by atoms with Crippen molar-refractivity contribution in [3.8, 4) is 5.75 Å². The number of nitrogens with zero attached hydrogens (tertiary/aromatic N) is 2. The Morgan fingerprint density at radius 3 is 2.77 bits per heavy atom. The summed E-state index contributed by atoms with van der Waals surface area (Å²) in [5.41, 5.74) is 7.26. The van der Waals surface area contributed by atoms with Crippen molar-refractivity contribution < 1.29 is 19.1 Å². The quantitative estimate of drug-likeness (QED) is 0.664. The van der Waals surface area contributed by atoms with Gasteiger partial charge >= 0.3 is 5.97 Å². The Hall–Kier alpha value is -3.87. The van der Waals surface area contributed by atoms with Crippen molar-refractivity contribution in [2.75, 3.05) is 18.6 Å². The Morgan fingerprint density at radius 2 is 1.97 bits per heavy atom. The number of amides is 1. The van der Waals surface area contributed by atoms with Gasteiger partial charge in [-0.25, -0.2) is 4.79 Å². The smallest absolute Gasteiger partial charge is 0.341 e. The number of rotatable bonds is 2. The molecule has 0 fully saturated rings. The van der Waals surface area contributed by atoms with Crippen molar-refractivity contribution in [2.24, 2.45) is 5.73 Å². The van der Waals surface area contributed by atoms with Crippen LogP contribution in [-0.2, 0) is 19.7 Å². The van der Waals surface area contributed by atoms with Gasteiger partial charge in [-0.1, -0.05) is 36.4 Å². The molecule has 0 radical (unpaired) electrons. The molecular weight excluding hydrogens is 382 g/mol. The summed E-state index contributed by atoms with van der Waals surface area (Å²) in [6.07, 6.45) is 1.65. The van der Waals surface area contributed by atoms with E-state index in [0.717, 1.165) is 5.39 Å². The molecule has 2 aromatic carbocycles. The third kappa shape index (κ3) is 2.11. The number of hydrogen-bond donors (Lipinski definition) is 1. The number of anilines is 1. The molecule has 1 aromatic heterocycles. The lowest BCUT2D eigenvalue weighted by Gasteiger charge is -2.36. The summed E-state index contributed by atoms with van der Waals surface area (Å²) in [4.78, 5) is 32.9. The number of carbonyl (C=O) groups excluding carboxylic acids is 2. The van der Waals surface area contributed by atoms with Gasteiger partial charge in [0.05, 0.1) is 6.61 Å². The zero-order valence-corrected chi connectivity index (χ0v) is 16.5. The first kappa shape index (κ1) is 18.2. The zero-order valence-electron chi connectivity index (χ0n) is 16.5. The highest BCUT2D eigenvalue weighted by Crippen LogP contribution is 2.56. The molecule has 5 rings (SSSR count). The van der Waals surface area contributed by atoms with Gasteiger partial charge in [-0.3, -0.25) is 9.78 Å². The van der Waals surface area contributed by atoms with Gasteiger partial charge in [0.1, 0.15) is 16.5 Å². The molecule has 2 N–H and O–H groups in total. The van der Waals surface area contributed by atoms with E-state index in [2.05, 4.69) is 4.98 Å². The highest BCUT2D eigenvalue weighted by Gasteiger charge is 2.60. The molecule has 3 heterocycles. The minimum atomic E-state index is -1.47. The highest BCUT2D eigenvalue weighted by molar-refractivity contribution is 6.18. The van der Waals surface area contributed by atoms with Gasteiger partial charge in [0.15, 0.2) is 5.75 Å². The normalized spacial score (nSPS) is 19.7. The third-order valence-electron chi connectivity index (χ3n) is 5.74. The van der Waals surface area contributed by atoms with E-state index in [4.69, 9.17) is 15.2 Å². The fourth-order valence-electron chi connectivity index (χ4n) is 4.52. The van der Waals surface area contributed by atoms with Crippen LogP contribution in [-0.4, -0.2) is 30.5 Å². The lowest BCUT2D eigenvalue weighted by Crippen LogP contribution is -2.47. The standard InChI is InChI=1S/C23H19N3O4/c1-3-29-21(27)17-20(24)30-19-15(11-10-13-7-6-12-25-18(13)19)23(17)14-8-4-5-9-16(14)26(2)22(23)28/h4-12H,3,24H2,1-2H3/t23-/m1/s1. The number of hydrogen-bond acceptors (Lipinski definition) is 6. The molecule has 7 heteroatoms. The van der Waals surface area contributed by atoms with E-state index in [1.807, 2.05) is 42.5 Å². The Balaban J connectivity index is 1.93. The maximum absolute atomic E-state index is 13.9. The van der Waals surface area contributed by atoms with Gasteiger partial charge in [-0.05, 0) is 19.1 Å².